The fourth-order valence-corrected chi connectivity index (χ4v) is 4.48. The van der Waals surface area contributed by atoms with Crippen LogP contribution in [0, 0.1) is 0 Å². The molecule has 0 aromatic rings. The Morgan fingerprint density at radius 2 is 2.17 bits per heavy atom. The molecule has 2 unspecified atom stereocenters. The highest BCUT2D eigenvalue weighted by Gasteiger charge is 2.29. The zero-order valence-electron chi connectivity index (χ0n) is 11.1. The third kappa shape index (κ3) is 3.91. The second kappa shape index (κ2) is 6.32. The molecular weight excluding hydrogens is 252 g/mol. The third-order valence-electron chi connectivity index (χ3n) is 3.63. The minimum atomic E-state index is -3.15. The van der Waals surface area contributed by atoms with Crippen molar-refractivity contribution in [2.75, 3.05) is 32.0 Å². The summed E-state index contributed by atoms with van der Waals surface area (Å²) in [6, 6.07) is 0.128. The first kappa shape index (κ1) is 14.2. The van der Waals surface area contributed by atoms with Gasteiger partial charge in [0.15, 0.2) is 0 Å². The normalized spacial score (nSPS) is 32.1. The van der Waals surface area contributed by atoms with E-state index in [1.165, 1.54) is 0 Å². The first-order valence-corrected chi connectivity index (χ1v) is 8.51. The maximum absolute atomic E-state index is 12.4. The highest BCUT2D eigenvalue weighted by molar-refractivity contribution is 7.89. The molecule has 1 N–H and O–H groups in total. The quantitative estimate of drug-likeness (QED) is 0.819. The van der Waals surface area contributed by atoms with Gasteiger partial charge in [0.05, 0.1) is 11.9 Å². The van der Waals surface area contributed by atoms with Crippen molar-refractivity contribution in [1.82, 2.24) is 9.62 Å². The molecule has 0 aromatic carbocycles. The monoisotopic (exact) mass is 276 g/mol. The first-order chi connectivity index (χ1) is 8.58. The molecule has 0 radical (unpaired) electrons. The van der Waals surface area contributed by atoms with Crippen molar-refractivity contribution < 1.29 is 13.2 Å². The highest BCUT2D eigenvalue weighted by Crippen LogP contribution is 2.15. The Kier molecular flexibility index (Phi) is 5.00. The van der Waals surface area contributed by atoms with Gasteiger partial charge in [0.25, 0.3) is 0 Å². The molecule has 2 aliphatic heterocycles. The molecule has 5 nitrogen and oxygen atoms in total. The standard InChI is InChI=1S/C12H24N2O3S/c1-11-9-14(7-4-8-17-11)18(15,16)10-12-5-2-3-6-13-12/h11-13H,2-10H2,1H3. The van der Waals surface area contributed by atoms with Gasteiger partial charge in [-0.25, -0.2) is 8.42 Å². The van der Waals surface area contributed by atoms with E-state index in [9.17, 15) is 8.42 Å². The molecule has 2 aliphatic rings. The Morgan fingerprint density at radius 3 is 2.89 bits per heavy atom. The number of sulfonamides is 1. The lowest BCUT2D eigenvalue weighted by atomic mass is 10.1. The second-order valence-corrected chi connectivity index (χ2v) is 7.33. The van der Waals surface area contributed by atoms with E-state index >= 15 is 0 Å². The predicted molar refractivity (Wildman–Crippen MR) is 71.0 cm³/mol. The van der Waals surface area contributed by atoms with E-state index in [-0.39, 0.29) is 17.9 Å². The molecule has 2 rings (SSSR count). The van der Waals surface area contributed by atoms with Gasteiger partial charge in [-0.15, -0.1) is 0 Å². The van der Waals surface area contributed by atoms with Gasteiger partial charge in [-0.2, -0.15) is 4.31 Å². The fraction of sp³-hybridized carbons (Fsp3) is 1.00. The van der Waals surface area contributed by atoms with Crippen LogP contribution < -0.4 is 5.32 Å². The number of hydrogen-bond acceptors (Lipinski definition) is 4. The first-order valence-electron chi connectivity index (χ1n) is 6.91. The van der Waals surface area contributed by atoms with Crippen molar-refractivity contribution in [3.63, 3.8) is 0 Å². The molecule has 6 heteroatoms. The van der Waals surface area contributed by atoms with Crippen molar-refractivity contribution in [2.45, 2.75) is 44.8 Å². The van der Waals surface area contributed by atoms with E-state index in [1.807, 2.05) is 6.92 Å². The van der Waals surface area contributed by atoms with Gasteiger partial charge >= 0.3 is 0 Å². The lowest BCUT2D eigenvalue weighted by molar-refractivity contribution is 0.0751. The summed E-state index contributed by atoms with van der Waals surface area (Å²) in [5.74, 6) is 0.236. The molecule has 0 aromatic heterocycles. The number of ether oxygens (including phenoxy) is 1. The number of nitrogens with zero attached hydrogens (tertiary/aromatic N) is 1. The van der Waals surface area contributed by atoms with Gasteiger partial charge in [-0.1, -0.05) is 6.42 Å². The van der Waals surface area contributed by atoms with Gasteiger partial charge in [0.2, 0.25) is 10.0 Å². The Balaban J connectivity index is 1.95. The summed E-state index contributed by atoms with van der Waals surface area (Å²) in [5, 5.41) is 3.30. The summed E-state index contributed by atoms with van der Waals surface area (Å²) in [6.07, 6.45) is 4.06. The summed E-state index contributed by atoms with van der Waals surface area (Å²) in [5.41, 5.74) is 0. The van der Waals surface area contributed by atoms with E-state index < -0.39 is 10.0 Å². The molecule has 0 bridgehead atoms. The van der Waals surface area contributed by atoms with E-state index in [0.717, 1.165) is 32.2 Å². The van der Waals surface area contributed by atoms with Crippen molar-refractivity contribution in [3.8, 4) is 0 Å². The molecule has 2 atom stereocenters. The predicted octanol–water partition coefficient (Wildman–Crippen LogP) is 0.569. The third-order valence-corrected chi connectivity index (χ3v) is 5.57. The molecule has 2 saturated heterocycles. The van der Waals surface area contributed by atoms with Gasteiger partial charge < -0.3 is 10.1 Å². The van der Waals surface area contributed by atoms with Gasteiger partial charge in [-0.3, -0.25) is 0 Å². The van der Waals surface area contributed by atoms with Crippen LogP contribution in [-0.4, -0.2) is 56.9 Å². The Bertz CT molecular complexity index is 352. The van der Waals surface area contributed by atoms with Crippen LogP contribution in [0.2, 0.25) is 0 Å². The Morgan fingerprint density at radius 1 is 1.33 bits per heavy atom. The summed E-state index contributed by atoms with van der Waals surface area (Å²) in [7, 11) is -3.15. The van der Waals surface area contributed by atoms with Crippen LogP contribution in [0.5, 0.6) is 0 Å². The summed E-state index contributed by atoms with van der Waals surface area (Å²) >= 11 is 0. The highest BCUT2D eigenvalue weighted by atomic mass is 32.2. The Labute approximate surface area is 110 Å². The van der Waals surface area contributed by atoms with E-state index in [1.54, 1.807) is 4.31 Å². The molecule has 0 spiro atoms. The van der Waals surface area contributed by atoms with E-state index in [0.29, 0.717) is 19.7 Å². The number of hydrogen-bond donors (Lipinski definition) is 1. The van der Waals surface area contributed by atoms with E-state index in [2.05, 4.69) is 5.32 Å². The fourth-order valence-electron chi connectivity index (χ4n) is 2.63. The summed E-state index contributed by atoms with van der Waals surface area (Å²) < 4.78 is 31.9. The zero-order valence-corrected chi connectivity index (χ0v) is 11.9. The zero-order chi connectivity index (χ0) is 13.0. The molecule has 2 fully saturated rings. The smallest absolute Gasteiger partial charge is 0.215 e. The second-order valence-electron chi connectivity index (χ2n) is 5.32. The summed E-state index contributed by atoms with van der Waals surface area (Å²) in [4.78, 5) is 0. The topological polar surface area (TPSA) is 58.6 Å². The molecular formula is C12H24N2O3S. The van der Waals surface area contributed by atoms with Gasteiger partial charge in [0.1, 0.15) is 0 Å². The number of rotatable bonds is 3. The molecule has 2 heterocycles. The van der Waals surface area contributed by atoms with Crippen LogP contribution in [0.25, 0.3) is 0 Å². The van der Waals surface area contributed by atoms with Crippen molar-refractivity contribution in [1.29, 1.82) is 0 Å². The van der Waals surface area contributed by atoms with Crippen LogP contribution in [0.4, 0.5) is 0 Å². The average molecular weight is 276 g/mol. The minimum absolute atomic E-state index is 0.00147. The maximum atomic E-state index is 12.4. The largest absolute Gasteiger partial charge is 0.377 e. The minimum Gasteiger partial charge on any atom is -0.377 e. The molecule has 106 valence electrons. The van der Waals surface area contributed by atoms with Crippen LogP contribution in [0.3, 0.4) is 0 Å². The number of nitrogens with one attached hydrogen (secondary N) is 1. The van der Waals surface area contributed by atoms with E-state index in [4.69, 9.17) is 4.74 Å². The van der Waals surface area contributed by atoms with Crippen LogP contribution in [-0.2, 0) is 14.8 Å². The van der Waals surface area contributed by atoms with Gasteiger partial charge in [0, 0.05) is 25.7 Å². The Hall–Kier alpha value is -0.170. The SMILES string of the molecule is CC1CN(S(=O)(=O)CC2CCCCN2)CCCO1. The molecule has 0 saturated carbocycles. The molecule has 0 aliphatic carbocycles. The van der Waals surface area contributed by atoms with Crippen LogP contribution in [0.15, 0.2) is 0 Å². The van der Waals surface area contributed by atoms with Crippen LogP contribution >= 0.6 is 0 Å². The lowest BCUT2D eigenvalue weighted by Gasteiger charge is -2.27. The lowest BCUT2D eigenvalue weighted by Crippen LogP contribution is -2.45. The average Bonchev–Trinajstić information content (AvgIpc) is 2.55. The molecule has 18 heavy (non-hydrogen) atoms. The van der Waals surface area contributed by atoms with Crippen molar-refractivity contribution >= 4 is 10.0 Å². The van der Waals surface area contributed by atoms with Crippen molar-refractivity contribution in [3.05, 3.63) is 0 Å². The summed E-state index contributed by atoms with van der Waals surface area (Å²) in [6.45, 7) is 4.63. The van der Waals surface area contributed by atoms with Crippen LogP contribution in [0.1, 0.15) is 32.6 Å². The number of piperidine rings is 1. The molecule has 0 amide bonds. The van der Waals surface area contributed by atoms with Gasteiger partial charge in [-0.05, 0) is 32.7 Å². The maximum Gasteiger partial charge on any atom is 0.215 e. The van der Waals surface area contributed by atoms with Crippen molar-refractivity contribution in [2.24, 2.45) is 0 Å².